The second-order valence-corrected chi connectivity index (χ2v) is 4.71. The maximum absolute atomic E-state index is 11.4. The van der Waals surface area contributed by atoms with Crippen LogP contribution in [0.4, 0.5) is 0 Å². The highest BCUT2D eigenvalue weighted by Gasteiger charge is 2.34. The average Bonchev–Trinajstić information content (AvgIpc) is 2.65. The number of nitrogens with two attached hydrogens (primary N) is 1. The van der Waals surface area contributed by atoms with Gasteiger partial charge in [0.1, 0.15) is 6.04 Å². The molecule has 4 nitrogen and oxygen atoms in total. The number of rotatable bonds is 2. The molecule has 1 atom stereocenters. The first-order valence-electron chi connectivity index (χ1n) is 5.82. The summed E-state index contributed by atoms with van der Waals surface area (Å²) in [6.45, 7) is 0.583. The first-order valence-corrected chi connectivity index (χ1v) is 5.82. The zero-order valence-electron chi connectivity index (χ0n) is 9.32. The van der Waals surface area contributed by atoms with Crippen LogP contribution in [-0.2, 0) is 9.53 Å². The number of hydrogen-bond donors (Lipinski definition) is 1. The summed E-state index contributed by atoms with van der Waals surface area (Å²) < 4.78 is 4.99. The lowest BCUT2D eigenvalue weighted by Crippen LogP contribution is -2.45. The van der Waals surface area contributed by atoms with Crippen LogP contribution in [0, 0.1) is 0 Å². The van der Waals surface area contributed by atoms with Gasteiger partial charge < -0.3 is 10.5 Å². The first kappa shape index (κ1) is 10.9. The molecule has 1 aliphatic carbocycles. The van der Waals surface area contributed by atoms with Crippen LogP contribution in [-0.4, -0.2) is 42.6 Å². The van der Waals surface area contributed by atoms with Crippen molar-refractivity contribution in [2.45, 2.75) is 50.2 Å². The van der Waals surface area contributed by atoms with Gasteiger partial charge in [-0.25, -0.2) is 0 Å². The molecule has 0 amide bonds. The van der Waals surface area contributed by atoms with Crippen molar-refractivity contribution in [1.82, 2.24) is 4.90 Å². The number of esters is 1. The second kappa shape index (κ2) is 4.49. The summed E-state index contributed by atoms with van der Waals surface area (Å²) >= 11 is 0. The molecule has 1 saturated heterocycles. The van der Waals surface area contributed by atoms with Gasteiger partial charge in [0.15, 0.2) is 0 Å². The van der Waals surface area contributed by atoms with Crippen molar-refractivity contribution < 1.29 is 9.53 Å². The molecule has 86 valence electrons. The number of cyclic esters (lactones) is 1. The Hall–Kier alpha value is -0.610. The third-order valence-corrected chi connectivity index (χ3v) is 3.72. The predicted octanol–water partition coefficient (Wildman–Crippen LogP) is 0.504. The topological polar surface area (TPSA) is 55.6 Å². The number of likely N-dealkylation sites (N-methyl/N-ethyl adjacent to an activating group) is 1. The molecule has 0 spiro atoms. The van der Waals surface area contributed by atoms with E-state index in [0.29, 0.717) is 18.7 Å². The molecule has 0 bridgehead atoms. The van der Waals surface area contributed by atoms with E-state index in [4.69, 9.17) is 10.5 Å². The molecule has 2 aliphatic rings. The van der Waals surface area contributed by atoms with Crippen molar-refractivity contribution in [3.63, 3.8) is 0 Å². The molecule has 1 saturated carbocycles. The quantitative estimate of drug-likeness (QED) is 0.677. The maximum atomic E-state index is 11.4. The number of carbonyl (C=O) groups is 1. The lowest BCUT2D eigenvalue weighted by molar-refractivity contribution is -0.142. The largest absolute Gasteiger partial charge is 0.464 e. The van der Waals surface area contributed by atoms with Crippen molar-refractivity contribution in [2.75, 3.05) is 13.7 Å². The molecule has 0 radical (unpaired) electrons. The number of nitrogens with zero attached hydrogens (tertiary/aromatic N) is 1. The van der Waals surface area contributed by atoms with E-state index in [1.165, 1.54) is 0 Å². The van der Waals surface area contributed by atoms with Gasteiger partial charge in [-0.3, -0.25) is 9.69 Å². The second-order valence-electron chi connectivity index (χ2n) is 4.71. The van der Waals surface area contributed by atoms with Crippen LogP contribution in [0.2, 0.25) is 0 Å². The van der Waals surface area contributed by atoms with Crippen molar-refractivity contribution in [3.05, 3.63) is 0 Å². The molecule has 0 aromatic heterocycles. The molecule has 15 heavy (non-hydrogen) atoms. The maximum Gasteiger partial charge on any atom is 0.323 e. The minimum Gasteiger partial charge on any atom is -0.464 e. The minimum absolute atomic E-state index is 0.00988. The minimum atomic E-state index is -0.0487. The Bertz CT molecular complexity index is 237. The average molecular weight is 212 g/mol. The lowest BCUT2D eigenvalue weighted by atomic mass is 9.90. The van der Waals surface area contributed by atoms with E-state index in [9.17, 15) is 4.79 Å². The van der Waals surface area contributed by atoms with Gasteiger partial charge in [0.25, 0.3) is 0 Å². The van der Waals surface area contributed by atoms with E-state index >= 15 is 0 Å². The SMILES string of the molecule is CN(C1CCC(N)CC1)C1CCOC1=O. The molecule has 0 aromatic carbocycles. The molecular formula is C11H20N2O2. The van der Waals surface area contributed by atoms with Gasteiger partial charge in [0.05, 0.1) is 6.61 Å². The van der Waals surface area contributed by atoms with Crippen LogP contribution in [0.3, 0.4) is 0 Å². The van der Waals surface area contributed by atoms with E-state index < -0.39 is 0 Å². The Balaban J connectivity index is 1.90. The Morgan fingerprint density at radius 1 is 1.27 bits per heavy atom. The highest BCUT2D eigenvalue weighted by molar-refractivity contribution is 5.77. The summed E-state index contributed by atoms with van der Waals surface area (Å²) in [5, 5.41) is 0. The normalized spacial score (nSPS) is 37.0. The summed E-state index contributed by atoms with van der Waals surface area (Å²) in [5.41, 5.74) is 5.87. The number of ether oxygens (including phenoxy) is 1. The van der Waals surface area contributed by atoms with Crippen LogP contribution < -0.4 is 5.73 Å². The summed E-state index contributed by atoms with van der Waals surface area (Å²) in [4.78, 5) is 13.6. The smallest absolute Gasteiger partial charge is 0.323 e. The van der Waals surface area contributed by atoms with E-state index in [1.807, 2.05) is 7.05 Å². The Morgan fingerprint density at radius 3 is 2.47 bits per heavy atom. The predicted molar refractivity (Wildman–Crippen MR) is 57.4 cm³/mol. The Morgan fingerprint density at radius 2 is 1.93 bits per heavy atom. The molecule has 0 aromatic rings. The van der Waals surface area contributed by atoms with Crippen LogP contribution in [0.15, 0.2) is 0 Å². The van der Waals surface area contributed by atoms with Crippen LogP contribution in [0.25, 0.3) is 0 Å². The van der Waals surface area contributed by atoms with E-state index in [-0.39, 0.29) is 12.0 Å². The van der Waals surface area contributed by atoms with Gasteiger partial charge in [-0.15, -0.1) is 0 Å². The molecule has 1 aliphatic heterocycles. The summed E-state index contributed by atoms with van der Waals surface area (Å²) in [6, 6.07) is 0.870. The van der Waals surface area contributed by atoms with Crippen molar-refractivity contribution in [3.8, 4) is 0 Å². The highest BCUT2D eigenvalue weighted by Crippen LogP contribution is 2.25. The fraction of sp³-hybridized carbons (Fsp3) is 0.909. The van der Waals surface area contributed by atoms with Crippen molar-refractivity contribution in [2.24, 2.45) is 5.73 Å². The summed E-state index contributed by atoms with van der Waals surface area (Å²) in [7, 11) is 2.04. The van der Waals surface area contributed by atoms with Gasteiger partial charge >= 0.3 is 5.97 Å². The van der Waals surface area contributed by atoms with E-state index in [0.717, 1.165) is 32.1 Å². The third-order valence-electron chi connectivity index (χ3n) is 3.72. The van der Waals surface area contributed by atoms with E-state index in [2.05, 4.69) is 4.90 Å². The first-order chi connectivity index (χ1) is 7.18. The zero-order valence-corrected chi connectivity index (χ0v) is 9.32. The Kier molecular flexibility index (Phi) is 3.26. The monoisotopic (exact) mass is 212 g/mol. The zero-order chi connectivity index (χ0) is 10.8. The fourth-order valence-electron chi connectivity index (χ4n) is 2.62. The van der Waals surface area contributed by atoms with Crippen molar-refractivity contribution >= 4 is 5.97 Å². The fourth-order valence-corrected chi connectivity index (χ4v) is 2.62. The standard InChI is InChI=1S/C11H20N2O2/c1-13(10-6-7-15-11(10)14)9-4-2-8(12)3-5-9/h8-10H,2-7,12H2,1H3. The summed E-state index contributed by atoms with van der Waals surface area (Å²) in [6.07, 6.45) is 5.23. The molecule has 4 heteroatoms. The van der Waals surface area contributed by atoms with Crippen LogP contribution in [0.1, 0.15) is 32.1 Å². The van der Waals surface area contributed by atoms with Gasteiger partial charge in [-0.2, -0.15) is 0 Å². The molecular weight excluding hydrogens is 192 g/mol. The molecule has 2 rings (SSSR count). The third kappa shape index (κ3) is 2.32. The molecule has 1 heterocycles. The molecule has 2 fully saturated rings. The number of carbonyl (C=O) groups excluding carboxylic acids is 1. The molecule has 1 unspecified atom stereocenters. The van der Waals surface area contributed by atoms with E-state index in [1.54, 1.807) is 0 Å². The van der Waals surface area contributed by atoms with Crippen LogP contribution >= 0.6 is 0 Å². The van der Waals surface area contributed by atoms with Gasteiger partial charge in [-0.1, -0.05) is 0 Å². The number of hydrogen-bond acceptors (Lipinski definition) is 4. The molecule has 2 N–H and O–H groups in total. The highest BCUT2D eigenvalue weighted by atomic mass is 16.5. The Labute approximate surface area is 90.8 Å². The van der Waals surface area contributed by atoms with Gasteiger partial charge in [0.2, 0.25) is 0 Å². The van der Waals surface area contributed by atoms with Gasteiger partial charge in [-0.05, 0) is 32.7 Å². The summed E-state index contributed by atoms with van der Waals surface area (Å²) in [5.74, 6) is -0.0487. The van der Waals surface area contributed by atoms with Crippen LogP contribution in [0.5, 0.6) is 0 Å². The van der Waals surface area contributed by atoms with Gasteiger partial charge in [0, 0.05) is 18.5 Å². The lowest BCUT2D eigenvalue weighted by Gasteiger charge is -2.35. The van der Waals surface area contributed by atoms with Crippen molar-refractivity contribution in [1.29, 1.82) is 0 Å².